The van der Waals surface area contributed by atoms with Crippen molar-refractivity contribution in [2.45, 2.75) is 44.9 Å². The van der Waals surface area contributed by atoms with Crippen molar-refractivity contribution in [2.75, 3.05) is 18.0 Å². The molecule has 1 aromatic carbocycles. The molecule has 6 heteroatoms. The maximum Gasteiger partial charge on any atom is 0.405 e. The Morgan fingerprint density at radius 2 is 2.05 bits per heavy atom. The van der Waals surface area contributed by atoms with Gasteiger partial charge in [-0.05, 0) is 44.0 Å². The van der Waals surface area contributed by atoms with Crippen molar-refractivity contribution >= 4 is 21.6 Å². The van der Waals surface area contributed by atoms with E-state index in [9.17, 15) is 13.2 Å². The van der Waals surface area contributed by atoms with Crippen molar-refractivity contribution in [3.63, 3.8) is 0 Å². The second-order valence-electron chi connectivity index (χ2n) is 5.46. The van der Waals surface area contributed by atoms with E-state index in [0.717, 1.165) is 29.4 Å². The van der Waals surface area contributed by atoms with Crippen LogP contribution in [0.2, 0.25) is 0 Å². The zero-order chi connectivity index (χ0) is 15.6. The summed E-state index contributed by atoms with van der Waals surface area (Å²) in [7, 11) is 0. The fraction of sp³-hybridized carbons (Fsp3) is 0.600. The van der Waals surface area contributed by atoms with Crippen molar-refractivity contribution in [1.82, 2.24) is 5.32 Å². The van der Waals surface area contributed by atoms with Gasteiger partial charge in [0.2, 0.25) is 0 Å². The molecule has 0 amide bonds. The number of anilines is 1. The molecular formula is C15H20BrF3N2. The summed E-state index contributed by atoms with van der Waals surface area (Å²) >= 11 is 3.49. The minimum atomic E-state index is -4.18. The third-order valence-electron chi connectivity index (χ3n) is 3.63. The van der Waals surface area contributed by atoms with E-state index in [1.807, 2.05) is 19.9 Å². The minimum absolute atomic E-state index is 0.0237. The standard InChI is InChI=1S/C15H20BrF3N2/c1-3-20-10(2)13-7-6-12(8-14(13)16)21(11-4-5-11)9-15(17,18)19/h6-8,10-11,20H,3-5,9H2,1-2H3. The third-order valence-corrected chi connectivity index (χ3v) is 4.32. The van der Waals surface area contributed by atoms with E-state index in [4.69, 9.17) is 0 Å². The normalized spacial score (nSPS) is 16.9. The van der Waals surface area contributed by atoms with Gasteiger partial charge in [-0.25, -0.2) is 0 Å². The number of halogens is 4. The Morgan fingerprint density at radius 3 is 2.52 bits per heavy atom. The monoisotopic (exact) mass is 364 g/mol. The highest BCUT2D eigenvalue weighted by molar-refractivity contribution is 9.10. The molecule has 21 heavy (non-hydrogen) atoms. The minimum Gasteiger partial charge on any atom is -0.359 e. The van der Waals surface area contributed by atoms with Gasteiger partial charge in [0, 0.05) is 22.2 Å². The molecule has 1 fully saturated rings. The number of nitrogens with zero attached hydrogens (tertiary/aromatic N) is 1. The van der Waals surface area contributed by atoms with Gasteiger partial charge < -0.3 is 10.2 Å². The molecule has 0 radical (unpaired) electrons. The molecule has 0 aliphatic heterocycles. The Balaban J connectivity index is 2.20. The van der Waals surface area contributed by atoms with Crippen LogP contribution in [0.3, 0.4) is 0 Å². The van der Waals surface area contributed by atoms with Crippen LogP contribution in [0.25, 0.3) is 0 Å². The highest BCUT2D eigenvalue weighted by Crippen LogP contribution is 2.36. The molecule has 0 saturated heterocycles. The van der Waals surface area contributed by atoms with Crippen molar-refractivity contribution in [2.24, 2.45) is 0 Å². The molecule has 0 heterocycles. The predicted octanol–water partition coefficient (Wildman–Crippen LogP) is 4.65. The molecule has 0 spiro atoms. The largest absolute Gasteiger partial charge is 0.405 e. The van der Waals surface area contributed by atoms with E-state index < -0.39 is 12.7 Å². The van der Waals surface area contributed by atoms with Gasteiger partial charge in [0.25, 0.3) is 0 Å². The molecule has 2 nitrogen and oxygen atoms in total. The molecule has 1 aliphatic rings. The molecule has 2 rings (SSSR count). The van der Waals surface area contributed by atoms with Crippen LogP contribution >= 0.6 is 15.9 Å². The van der Waals surface area contributed by atoms with Gasteiger partial charge in [0.1, 0.15) is 6.54 Å². The number of rotatable bonds is 6. The molecule has 0 bridgehead atoms. The number of alkyl halides is 3. The van der Waals surface area contributed by atoms with Crippen molar-refractivity contribution in [3.8, 4) is 0 Å². The molecule has 1 aliphatic carbocycles. The first-order valence-corrected chi connectivity index (χ1v) is 7.97. The molecule has 1 saturated carbocycles. The van der Waals surface area contributed by atoms with Gasteiger partial charge in [-0.3, -0.25) is 0 Å². The molecule has 118 valence electrons. The van der Waals surface area contributed by atoms with E-state index in [0.29, 0.717) is 5.69 Å². The Bertz CT molecular complexity index is 486. The summed E-state index contributed by atoms with van der Waals surface area (Å²) in [5.41, 5.74) is 1.69. The summed E-state index contributed by atoms with van der Waals surface area (Å²) < 4.78 is 39.0. The maximum atomic E-state index is 12.7. The first-order valence-electron chi connectivity index (χ1n) is 7.18. The summed E-state index contributed by atoms with van der Waals surface area (Å²) in [6, 6.07) is 5.68. The lowest BCUT2D eigenvalue weighted by atomic mass is 10.1. The van der Waals surface area contributed by atoms with E-state index in [2.05, 4.69) is 21.2 Å². The van der Waals surface area contributed by atoms with Crippen molar-refractivity contribution < 1.29 is 13.2 Å². The predicted molar refractivity (Wildman–Crippen MR) is 82.7 cm³/mol. The van der Waals surface area contributed by atoms with Crippen LogP contribution in [0.15, 0.2) is 22.7 Å². The van der Waals surface area contributed by atoms with E-state index >= 15 is 0 Å². The summed E-state index contributed by atoms with van der Waals surface area (Å²) in [4.78, 5) is 1.46. The SMILES string of the molecule is CCNC(C)c1ccc(N(CC(F)(F)F)C2CC2)cc1Br. The Labute approximate surface area is 131 Å². The average Bonchev–Trinajstić information content (AvgIpc) is 3.19. The zero-order valence-electron chi connectivity index (χ0n) is 12.2. The van der Waals surface area contributed by atoms with Crippen LogP contribution < -0.4 is 10.2 Å². The van der Waals surface area contributed by atoms with E-state index in [1.165, 1.54) is 4.90 Å². The van der Waals surface area contributed by atoms with Crippen LogP contribution in [-0.4, -0.2) is 25.3 Å². The van der Waals surface area contributed by atoms with Crippen LogP contribution in [-0.2, 0) is 0 Å². The van der Waals surface area contributed by atoms with Crippen molar-refractivity contribution in [3.05, 3.63) is 28.2 Å². The summed E-state index contributed by atoms with van der Waals surface area (Å²) in [6.07, 6.45) is -2.50. The lowest BCUT2D eigenvalue weighted by Gasteiger charge is -2.27. The van der Waals surface area contributed by atoms with Crippen molar-refractivity contribution in [1.29, 1.82) is 0 Å². The number of hydrogen-bond donors (Lipinski definition) is 1. The zero-order valence-corrected chi connectivity index (χ0v) is 13.8. The third kappa shape index (κ3) is 4.61. The first-order chi connectivity index (χ1) is 9.81. The van der Waals surface area contributed by atoms with Crippen LogP contribution in [0.4, 0.5) is 18.9 Å². The molecule has 0 aromatic heterocycles. The van der Waals surface area contributed by atoms with Gasteiger partial charge >= 0.3 is 6.18 Å². The van der Waals surface area contributed by atoms with Gasteiger partial charge in [0.15, 0.2) is 0 Å². The maximum absolute atomic E-state index is 12.7. The highest BCUT2D eigenvalue weighted by atomic mass is 79.9. The smallest absolute Gasteiger partial charge is 0.359 e. The van der Waals surface area contributed by atoms with Gasteiger partial charge in [-0.1, -0.05) is 28.9 Å². The lowest BCUT2D eigenvalue weighted by molar-refractivity contribution is -0.120. The topological polar surface area (TPSA) is 15.3 Å². The van der Waals surface area contributed by atoms with Crippen LogP contribution in [0.5, 0.6) is 0 Å². The number of benzene rings is 1. The molecular weight excluding hydrogens is 345 g/mol. The highest BCUT2D eigenvalue weighted by Gasteiger charge is 2.38. The first kappa shape index (κ1) is 16.6. The van der Waals surface area contributed by atoms with Gasteiger partial charge in [-0.15, -0.1) is 0 Å². The van der Waals surface area contributed by atoms with E-state index in [1.54, 1.807) is 12.1 Å². The average molecular weight is 365 g/mol. The fourth-order valence-electron chi connectivity index (χ4n) is 2.47. The van der Waals surface area contributed by atoms with Crippen LogP contribution in [0.1, 0.15) is 38.3 Å². The number of hydrogen-bond acceptors (Lipinski definition) is 2. The molecule has 1 unspecified atom stereocenters. The Morgan fingerprint density at radius 1 is 1.38 bits per heavy atom. The second kappa shape index (κ2) is 6.57. The van der Waals surface area contributed by atoms with E-state index in [-0.39, 0.29) is 12.1 Å². The summed E-state index contributed by atoms with van der Waals surface area (Å²) in [5, 5.41) is 3.30. The van der Waals surface area contributed by atoms with Gasteiger partial charge in [-0.2, -0.15) is 13.2 Å². The molecule has 1 aromatic rings. The summed E-state index contributed by atoms with van der Waals surface area (Å²) in [6.45, 7) is 4.03. The summed E-state index contributed by atoms with van der Waals surface area (Å²) in [5.74, 6) is 0. The Hall–Kier alpha value is -0.750. The number of nitrogens with one attached hydrogen (secondary N) is 1. The lowest BCUT2D eigenvalue weighted by Crippen LogP contribution is -2.36. The van der Waals surface area contributed by atoms with Crippen LogP contribution in [0, 0.1) is 0 Å². The molecule has 1 atom stereocenters. The fourth-order valence-corrected chi connectivity index (χ4v) is 3.18. The molecule has 1 N–H and O–H groups in total. The second-order valence-corrected chi connectivity index (χ2v) is 6.31. The Kier molecular flexibility index (Phi) is 5.20. The quantitative estimate of drug-likeness (QED) is 0.790. The van der Waals surface area contributed by atoms with Gasteiger partial charge in [0.05, 0.1) is 0 Å².